The lowest BCUT2D eigenvalue weighted by atomic mass is 10.1. The summed E-state index contributed by atoms with van der Waals surface area (Å²) in [5.41, 5.74) is 2.60. The molecule has 0 spiro atoms. The Bertz CT molecular complexity index is 986. The minimum atomic E-state index is -0.162. The lowest BCUT2D eigenvalue weighted by molar-refractivity contribution is -0.113. The van der Waals surface area contributed by atoms with Crippen LogP contribution in [0, 0.1) is 6.92 Å². The molecule has 4 nitrogen and oxygen atoms in total. The van der Waals surface area contributed by atoms with Gasteiger partial charge in [0.1, 0.15) is 6.61 Å². The van der Waals surface area contributed by atoms with Gasteiger partial charge in [-0.05, 0) is 49.8 Å². The second kappa shape index (κ2) is 9.48. The molecular weight excluding hydrogens is 426 g/mol. The van der Waals surface area contributed by atoms with Gasteiger partial charge in [-0.25, -0.2) is 0 Å². The Morgan fingerprint density at radius 2 is 1.97 bits per heavy atom. The number of thiocarbonyl (C=S) groups is 1. The average Bonchev–Trinajstić information content (AvgIpc) is 2.95. The molecule has 1 aliphatic rings. The van der Waals surface area contributed by atoms with E-state index in [2.05, 4.69) is 6.58 Å². The quantitative estimate of drug-likeness (QED) is 0.296. The van der Waals surface area contributed by atoms with Crippen molar-refractivity contribution < 1.29 is 14.3 Å². The molecule has 1 amide bonds. The highest BCUT2D eigenvalue weighted by atomic mass is 35.5. The first kappa shape index (κ1) is 21.4. The minimum absolute atomic E-state index is 0.162. The second-order valence-corrected chi connectivity index (χ2v) is 8.30. The third-order valence-corrected chi connectivity index (χ3v) is 5.64. The Balaban J connectivity index is 1.93. The number of hydrogen-bond donors (Lipinski definition) is 0. The number of benzene rings is 2. The molecule has 0 unspecified atom stereocenters. The van der Waals surface area contributed by atoms with Crippen LogP contribution < -0.4 is 14.4 Å². The van der Waals surface area contributed by atoms with Crippen LogP contribution in [-0.2, 0) is 4.79 Å². The fourth-order valence-corrected chi connectivity index (χ4v) is 4.32. The van der Waals surface area contributed by atoms with Crippen LogP contribution in [0.1, 0.15) is 18.1 Å². The van der Waals surface area contributed by atoms with E-state index in [9.17, 15) is 4.79 Å². The van der Waals surface area contributed by atoms with Crippen LogP contribution in [0.15, 0.2) is 54.0 Å². The molecule has 2 aromatic carbocycles. The highest BCUT2D eigenvalue weighted by Crippen LogP contribution is 2.40. The van der Waals surface area contributed by atoms with Crippen molar-refractivity contribution in [3.63, 3.8) is 0 Å². The van der Waals surface area contributed by atoms with Gasteiger partial charge in [0.05, 0.1) is 22.2 Å². The van der Waals surface area contributed by atoms with E-state index < -0.39 is 0 Å². The van der Waals surface area contributed by atoms with Crippen LogP contribution in [0.2, 0.25) is 5.02 Å². The van der Waals surface area contributed by atoms with Crippen molar-refractivity contribution in [3.8, 4) is 11.5 Å². The molecule has 2 aromatic rings. The van der Waals surface area contributed by atoms with Crippen molar-refractivity contribution in [1.82, 2.24) is 0 Å². The predicted molar refractivity (Wildman–Crippen MR) is 125 cm³/mol. The summed E-state index contributed by atoms with van der Waals surface area (Å²) in [7, 11) is 0. The Hall–Kier alpha value is -2.28. The summed E-state index contributed by atoms with van der Waals surface area (Å²) in [5.74, 6) is 0.810. The number of amides is 1. The van der Waals surface area contributed by atoms with E-state index in [4.69, 9.17) is 33.3 Å². The number of carbonyl (C=O) groups excluding carboxylic acids is 1. The zero-order valence-electron chi connectivity index (χ0n) is 16.1. The molecule has 0 N–H and O–H groups in total. The number of ether oxygens (including phenoxy) is 2. The highest BCUT2D eigenvalue weighted by Gasteiger charge is 2.33. The number of carbonyl (C=O) groups is 1. The summed E-state index contributed by atoms with van der Waals surface area (Å²) in [6.07, 6.45) is 3.40. The van der Waals surface area contributed by atoms with Gasteiger partial charge in [-0.3, -0.25) is 9.69 Å². The van der Waals surface area contributed by atoms with Gasteiger partial charge in [0, 0.05) is 0 Å². The summed E-state index contributed by atoms with van der Waals surface area (Å²) >= 11 is 13.1. The lowest BCUT2D eigenvalue weighted by Crippen LogP contribution is -2.27. The molecule has 0 atom stereocenters. The largest absolute Gasteiger partial charge is 0.490 e. The highest BCUT2D eigenvalue weighted by molar-refractivity contribution is 8.27. The number of nitrogens with zero attached hydrogens (tertiary/aromatic N) is 1. The maximum atomic E-state index is 13.0. The molecule has 0 aliphatic carbocycles. The molecule has 3 rings (SSSR count). The predicted octanol–water partition coefficient (Wildman–Crippen LogP) is 6.02. The van der Waals surface area contributed by atoms with Gasteiger partial charge in [0.2, 0.25) is 0 Å². The fraction of sp³-hybridized carbons (Fsp3) is 0.182. The molecule has 0 aromatic heterocycles. The van der Waals surface area contributed by atoms with E-state index in [0.29, 0.717) is 39.0 Å². The molecule has 0 bridgehead atoms. The van der Waals surface area contributed by atoms with E-state index >= 15 is 0 Å². The molecule has 1 saturated heterocycles. The molecule has 150 valence electrons. The van der Waals surface area contributed by atoms with Gasteiger partial charge in [-0.2, -0.15) is 0 Å². The fourth-order valence-electron chi connectivity index (χ4n) is 2.75. The van der Waals surface area contributed by atoms with Crippen molar-refractivity contribution in [2.45, 2.75) is 13.8 Å². The summed E-state index contributed by atoms with van der Waals surface area (Å²) < 4.78 is 11.8. The third-order valence-electron chi connectivity index (χ3n) is 4.06. The van der Waals surface area contributed by atoms with Gasteiger partial charge in [0.15, 0.2) is 15.8 Å². The van der Waals surface area contributed by atoms with Crippen molar-refractivity contribution in [2.75, 3.05) is 18.1 Å². The van der Waals surface area contributed by atoms with E-state index in [1.807, 2.05) is 38.1 Å². The number of rotatable bonds is 7. The van der Waals surface area contributed by atoms with E-state index in [0.717, 1.165) is 16.8 Å². The zero-order valence-corrected chi connectivity index (χ0v) is 18.5. The van der Waals surface area contributed by atoms with Gasteiger partial charge in [0.25, 0.3) is 5.91 Å². The topological polar surface area (TPSA) is 38.8 Å². The van der Waals surface area contributed by atoms with E-state index in [1.54, 1.807) is 24.3 Å². The Kier molecular flexibility index (Phi) is 7.00. The Morgan fingerprint density at radius 3 is 2.62 bits per heavy atom. The first-order chi connectivity index (χ1) is 13.9. The smallest absolute Gasteiger partial charge is 0.270 e. The first-order valence-electron chi connectivity index (χ1n) is 8.99. The number of anilines is 1. The summed E-state index contributed by atoms with van der Waals surface area (Å²) in [5, 5.41) is 0.401. The molecule has 7 heteroatoms. The van der Waals surface area contributed by atoms with Crippen molar-refractivity contribution in [3.05, 3.63) is 70.1 Å². The van der Waals surface area contributed by atoms with E-state index in [1.165, 1.54) is 16.7 Å². The minimum Gasteiger partial charge on any atom is -0.490 e. The number of hydrogen-bond acceptors (Lipinski definition) is 5. The monoisotopic (exact) mass is 445 g/mol. The van der Waals surface area contributed by atoms with Crippen molar-refractivity contribution in [1.29, 1.82) is 0 Å². The van der Waals surface area contributed by atoms with Gasteiger partial charge < -0.3 is 9.47 Å². The lowest BCUT2D eigenvalue weighted by Gasteiger charge is -2.14. The molecule has 0 radical (unpaired) electrons. The van der Waals surface area contributed by atoms with Crippen LogP contribution in [0.5, 0.6) is 11.5 Å². The van der Waals surface area contributed by atoms with Crippen LogP contribution in [0.3, 0.4) is 0 Å². The maximum absolute atomic E-state index is 13.0. The number of halogens is 1. The van der Waals surface area contributed by atoms with Gasteiger partial charge in [-0.15, -0.1) is 0 Å². The molecule has 1 aliphatic heterocycles. The standard InChI is InChI=1S/C22H20ClNO3S2/c1-4-10-27-20-17(23)11-15(12-18(20)26-5-2)13-19-21(25)24(22(28)29-19)16-8-6-14(3)7-9-16/h4,6-9,11-13H,1,5,10H2,2-3H3/b19-13-. The van der Waals surface area contributed by atoms with Gasteiger partial charge in [-0.1, -0.05) is 65.9 Å². The van der Waals surface area contributed by atoms with E-state index in [-0.39, 0.29) is 5.91 Å². The van der Waals surface area contributed by atoms with Crippen LogP contribution in [0.4, 0.5) is 5.69 Å². The van der Waals surface area contributed by atoms with Crippen LogP contribution >= 0.6 is 35.6 Å². The summed E-state index contributed by atoms with van der Waals surface area (Å²) in [4.78, 5) is 15.0. The molecule has 1 heterocycles. The van der Waals surface area contributed by atoms with Crippen LogP contribution in [0.25, 0.3) is 6.08 Å². The molecule has 1 fully saturated rings. The van der Waals surface area contributed by atoms with Gasteiger partial charge >= 0.3 is 0 Å². The van der Waals surface area contributed by atoms with Crippen LogP contribution in [-0.4, -0.2) is 23.4 Å². The number of thioether (sulfide) groups is 1. The third kappa shape index (κ3) is 4.83. The Labute approximate surface area is 185 Å². The second-order valence-electron chi connectivity index (χ2n) is 6.22. The number of aryl methyl sites for hydroxylation is 1. The maximum Gasteiger partial charge on any atom is 0.270 e. The zero-order chi connectivity index (χ0) is 21.0. The normalized spacial score (nSPS) is 15.1. The van der Waals surface area contributed by atoms with Crippen molar-refractivity contribution >= 4 is 57.6 Å². The molecule has 29 heavy (non-hydrogen) atoms. The first-order valence-corrected chi connectivity index (χ1v) is 10.6. The molecule has 0 saturated carbocycles. The van der Waals surface area contributed by atoms with Crippen molar-refractivity contribution in [2.24, 2.45) is 0 Å². The summed E-state index contributed by atoms with van der Waals surface area (Å²) in [6, 6.07) is 11.2. The SMILES string of the molecule is C=CCOc1c(Cl)cc(/C=C2\SC(=S)N(c3ccc(C)cc3)C2=O)cc1OCC. The summed E-state index contributed by atoms with van der Waals surface area (Å²) in [6.45, 7) is 8.29. The molecular formula is C22H20ClNO3S2. The average molecular weight is 446 g/mol. The Morgan fingerprint density at radius 1 is 1.24 bits per heavy atom.